The SMILES string of the molecule is C[C@H](NC1CCN2CCCC12)c1cccc(Cl)c1. The normalized spacial score (nSPS) is 29.4. The quantitative estimate of drug-likeness (QED) is 0.902. The average molecular weight is 265 g/mol. The van der Waals surface area contributed by atoms with Crippen LogP contribution in [0, 0.1) is 0 Å². The Labute approximate surface area is 114 Å². The number of hydrogen-bond donors (Lipinski definition) is 1. The summed E-state index contributed by atoms with van der Waals surface area (Å²) in [4.78, 5) is 2.64. The van der Waals surface area contributed by atoms with Gasteiger partial charge >= 0.3 is 0 Å². The van der Waals surface area contributed by atoms with Gasteiger partial charge in [0.05, 0.1) is 0 Å². The third kappa shape index (κ3) is 2.42. The van der Waals surface area contributed by atoms with Gasteiger partial charge in [-0.05, 0) is 50.4 Å². The monoisotopic (exact) mass is 264 g/mol. The minimum atomic E-state index is 0.384. The lowest BCUT2D eigenvalue weighted by molar-refractivity contribution is 0.291. The first-order valence-electron chi connectivity index (χ1n) is 6.99. The molecule has 2 fully saturated rings. The molecule has 3 rings (SSSR count). The van der Waals surface area contributed by atoms with E-state index in [4.69, 9.17) is 11.6 Å². The highest BCUT2D eigenvalue weighted by atomic mass is 35.5. The van der Waals surface area contributed by atoms with Crippen molar-refractivity contribution in [3.8, 4) is 0 Å². The number of rotatable bonds is 3. The molecule has 18 heavy (non-hydrogen) atoms. The maximum atomic E-state index is 6.06. The largest absolute Gasteiger partial charge is 0.306 e. The molecular weight excluding hydrogens is 244 g/mol. The van der Waals surface area contributed by atoms with Crippen molar-refractivity contribution >= 4 is 11.6 Å². The Morgan fingerprint density at radius 2 is 2.22 bits per heavy atom. The van der Waals surface area contributed by atoms with Crippen molar-refractivity contribution in [1.29, 1.82) is 0 Å². The van der Waals surface area contributed by atoms with Gasteiger partial charge in [0.15, 0.2) is 0 Å². The molecular formula is C15H21ClN2. The van der Waals surface area contributed by atoms with Crippen molar-refractivity contribution in [2.75, 3.05) is 13.1 Å². The summed E-state index contributed by atoms with van der Waals surface area (Å²) < 4.78 is 0. The number of hydrogen-bond acceptors (Lipinski definition) is 2. The van der Waals surface area contributed by atoms with E-state index < -0.39 is 0 Å². The Morgan fingerprint density at radius 3 is 3.06 bits per heavy atom. The summed E-state index contributed by atoms with van der Waals surface area (Å²) >= 11 is 6.06. The summed E-state index contributed by atoms with van der Waals surface area (Å²) in [6.45, 7) is 4.81. The Bertz CT molecular complexity index is 421. The van der Waals surface area contributed by atoms with Gasteiger partial charge in [-0.15, -0.1) is 0 Å². The van der Waals surface area contributed by atoms with E-state index in [2.05, 4.69) is 29.3 Å². The summed E-state index contributed by atoms with van der Waals surface area (Å²) in [6.07, 6.45) is 4.02. The van der Waals surface area contributed by atoms with E-state index in [9.17, 15) is 0 Å². The van der Waals surface area contributed by atoms with Gasteiger partial charge in [0.1, 0.15) is 0 Å². The predicted octanol–water partition coefficient (Wildman–Crippen LogP) is 3.23. The summed E-state index contributed by atoms with van der Waals surface area (Å²) in [7, 11) is 0. The van der Waals surface area contributed by atoms with Crippen LogP contribution in [0.15, 0.2) is 24.3 Å². The van der Waals surface area contributed by atoms with Gasteiger partial charge in [0.2, 0.25) is 0 Å². The fraction of sp³-hybridized carbons (Fsp3) is 0.600. The molecule has 2 saturated heterocycles. The Morgan fingerprint density at radius 1 is 1.33 bits per heavy atom. The highest BCUT2D eigenvalue weighted by molar-refractivity contribution is 6.30. The van der Waals surface area contributed by atoms with E-state index in [1.807, 2.05) is 12.1 Å². The lowest BCUT2D eigenvalue weighted by Gasteiger charge is -2.25. The van der Waals surface area contributed by atoms with Crippen molar-refractivity contribution in [2.24, 2.45) is 0 Å². The predicted molar refractivity (Wildman–Crippen MR) is 76.0 cm³/mol. The van der Waals surface area contributed by atoms with Gasteiger partial charge in [0.25, 0.3) is 0 Å². The zero-order valence-corrected chi connectivity index (χ0v) is 11.7. The number of fused-ring (bicyclic) bond motifs is 1. The van der Waals surface area contributed by atoms with E-state index in [1.165, 1.54) is 37.9 Å². The molecule has 2 aliphatic rings. The smallest absolute Gasteiger partial charge is 0.0409 e. The fourth-order valence-electron chi connectivity index (χ4n) is 3.47. The molecule has 3 atom stereocenters. The topological polar surface area (TPSA) is 15.3 Å². The molecule has 0 saturated carbocycles. The molecule has 0 bridgehead atoms. The van der Waals surface area contributed by atoms with Crippen LogP contribution in [0.1, 0.15) is 37.8 Å². The first-order chi connectivity index (χ1) is 8.74. The molecule has 1 aromatic carbocycles. The first kappa shape index (κ1) is 12.5. The van der Waals surface area contributed by atoms with Crippen LogP contribution in [0.3, 0.4) is 0 Å². The van der Waals surface area contributed by atoms with Crippen LogP contribution in [0.25, 0.3) is 0 Å². The molecule has 0 aromatic heterocycles. The minimum absolute atomic E-state index is 0.384. The van der Waals surface area contributed by atoms with Crippen molar-refractivity contribution < 1.29 is 0 Å². The molecule has 2 nitrogen and oxygen atoms in total. The van der Waals surface area contributed by atoms with Crippen molar-refractivity contribution in [1.82, 2.24) is 10.2 Å². The molecule has 0 radical (unpaired) electrons. The maximum absolute atomic E-state index is 6.06. The molecule has 2 heterocycles. The maximum Gasteiger partial charge on any atom is 0.0409 e. The van der Waals surface area contributed by atoms with Gasteiger partial charge in [-0.3, -0.25) is 4.90 Å². The second-order valence-corrected chi connectivity index (χ2v) is 6.02. The summed E-state index contributed by atoms with van der Waals surface area (Å²) in [5.41, 5.74) is 1.29. The zero-order valence-electron chi connectivity index (χ0n) is 10.9. The van der Waals surface area contributed by atoms with Crippen LogP contribution in [0.4, 0.5) is 0 Å². The molecule has 0 amide bonds. The fourth-order valence-corrected chi connectivity index (χ4v) is 3.67. The van der Waals surface area contributed by atoms with Crippen molar-refractivity contribution in [3.63, 3.8) is 0 Å². The molecule has 2 unspecified atom stereocenters. The summed E-state index contributed by atoms with van der Waals surface area (Å²) in [6, 6.07) is 10.0. The number of benzene rings is 1. The van der Waals surface area contributed by atoms with Gasteiger partial charge < -0.3 is 5.32 Å². The van der Waals surface area contributed by atoms with Crippen LogP contribution < -0.4 is 5.32 Å². The van der Waals surface area contributed by atoms with Gasteiger partial charge in [-0.25, -0.2) is 0 Å². The summed E-state index contributed by atoms with van der Waals surface area (Å²) in [5.74, 6) is 0. The first-order valence-corrected chi connectivity index (χ1v) is 7.37. The Kier molecular flexibility index (Phi) is 3.60. The summed E-state index contributed by atoms with van der Waals surface area (Å²) in [5, 5.41) is 4.62. The lowest BCUT2D eigenvalue weighted by Crippen LogP contribution is -2.40. The number of halogens is 1. The van der Waals surface area contributed by atoms with E-state index >= 15 is 0 Å². The third-order valence-electron chi connectivity index (χ3n) is 4.42. The van der Waals surface area contributed by atoms with Crippen LogP contribution in [0.5, 0.6) is 0 Å². The highest BCUT2D eigenvalue weighted by Gasteiger charge is 2.37. The minimum Gasteiger partial charge on any atom is -0.306 e. The van der Waals surface area contributed by atoms with E-state index in [1.54, 1.807) is 0 Å². The van der Waals surface area contributed by atoms with E-state index in [-0.39, 0.29) is 0 Å². The molecule has 1 aromatic rings. The number of nitrogens with zero attached hydrogens (tertiary/aromatic N) is 1. The van der Waals surface area contributed by atoms with Crippen molar-refractivity contribution in [2.45, 2.75) is 44.3 Å². The number of nitrogens with one attached hydrogen (secondary N) is 1. The van der Waals surface area contributed by atoms with E-state index in [0.29, 0.717) is 12.1 Å². The second kappa shape index (κ2) is 5.20. The molecule has 1 N–H and O–H groups in total. The highest BCUT2D eigenvalue weighted by Crippen LogP contribution is 2.29. The average Bonchev–Trinajstić information content (AvgIpc) is 2.94. The van der Waals surface area contributed by atoms with Crippen LogP contribution >= 0.6 is 11.6 Å². The van der Waals surface area contributed by atoms with Crippen molar-refractivity contribution in [3.05, 3.63) is 34.9 Å². The molecule has 98 valence electrons. The van der Waals surface area contributed by atoms with E-state index in [0.717, 1.165) is 11.1 Å². The lowest BCUT2D eigenvalue weighted by atomic mass is 10.0. The van der Waals surface area contributed by atoms with Gasteiger partial charge in [-0.1, -0.05) is 23.7 Å². The Balaban J connectivity index is 1.66. The Hall–Kier alpha value is -0.570. The molecule has 0 aliphatic carbocycles. The van der Waals surface area contributed by atoms with Crippen LogP contribution in [-0.4, -0.2) is 30.1 Å². The van der Waals surface area contributed by atoms with Gasteiger partial charge in [0, 0.05) is 29.7 Å². The zero-order chi connectivity index (χ0) is 12.5. The molecule has 2 aliphatic heterocycles. The third-order valence-corrected chi connectivity index (χ3v) is 4.65. The second-order valence-electron chi connectivity index (χ2n) is 5.58. The van der Waals surface area contributed by atoms with Crippen LogP contribution in [0.2, 0.25) is 5.02 Å². The van der Waals surface area contributed by atoms with Gasteiger partial charge in [-0.2, -0.15) is 0 Å². The standard InChI is InChI=1S/C15H21ClN2/c1-11(12-4-2-5-13(16)10-12)17-14-7-9-18-8-3-6-15(14)18/h2,4-5,10-11,14-15,17H,3,6-9H2,1H3/t11-,14?,15?/m0/s1. The molecule has 3 heteroatoms. The van der Waals surface area contributed by atoms with Crippen LogP contribution in [-0.2, 0) is 0 Å². The molecule has 0 spiro atoms.